The van der Waals surface area contributed by atoms with Gasteiger partial charge in [0.1, 0.15) is 33.5 Å². The molecule has 3 heterocycles. The second-order valence-electron chi connectivity index (χ2n) is 42.0. The van der Waals surface area contributed by atoms with Gasteiger partial charge in [0.15, 0.2) is 0 Å². The van der Waals surface area contributed by atoms with Crippen molar-refractivity contribution in [2.75, 3.05) is 19.8 Å². The number of fused-ring (bicyclic) bond motifs is 9. The highest BCUT2D eigenvalue weighted by Gasteiger charge is 2.35. The molecule has 0 unspecified atom stereocenters. The summed E-state index contributed by atoms with van der Waals surface area (Å²) in [4.78, 5) is 0. The smallest absolute Gasteiger partial charge is 0.387 e. The molecular formula is C90H131O9P3. The molecule has 0 amide bonds. The number of hydrogen-bond donors (Lipinski definition) is 0. The first-order chi connectivity index (χ1) is 46.1. The third kappa shape index (κ3) is 18.0. The lowest BCUT2D eigenvalue weighted by molar-refractivity contribution is 0.221. The van der Waals surface area contributed by atoms with Gasteiger partial charge in [0, 0.05) is 65.7 Å². The summed E-state index contributed by atoms with van der Waals surface area (Å²) in [6, 6.07) is 28.2. The Balaban J connectivity index is 1.27. The molecule has 102 heavy (non-hydrogen) atoms. The fourth-order valence-corrected chi connectivity index (χ4v) is 16.6. The third-order valence-electron chi connectivity index (χ3n) is 20.3. The van der Waals surface area contributed by atoms with Crippen LogP contribution in [0.2, 0.25) is 0 Å². The zero-order valence-corrected chi connectivity index (χ0v) is 72.7. The van der Waals surface area contributed by atoms with E-state index in [4.69, 9.17) is 38.8 Å². The molecule has 0 aliphatic rings. The molecule has 0 radical (unpaired) electrons. The van der Waals surface area contributed by atoms with E-state index < -0.39 is 24.7 Å². The van der Waals surface area contributed by atoms with E-state index in [1.165, 1.54) is 33.4 Å². The first-order valence-electron chi connectivity index (χ1n) is 37.6. The summed E-state index contributed by atoms with van der Waals surface area (Å²) >= 11 is 0. The first kappa shape index (κ1) is 81.0. The lowest BCUT2D eigenvalue weighted by Crippen LogP contribution is -2.17. The van der Waals surface area contributed by atoms with Crippen molar-refractivity contribution in [1.82, 2.24) is 0 Å². The van der Waals surface area contributed by atoms with Gasteiger partial charge in [0.2, 0.25) is 0 Å². The zero-order chi connectivity index (χ0) is 76.6. The van der Waals surface area contributed by atoms with Crippen LogP contribution in [0.15, 0.2) is 98.0 Å². The molecular weight excluding hydrogens is 1320 g/mol. The van der Waals surface area contributed by atoms with Crippen molar-refractivity contribution in [2.24, 2.45) is 5.92 Å². The molecule has 0 aliphatic heterocycles. The summed E-state index contributed by atoms with van der Waals surface area (Å²) in [6.07, 6.45) is 1.11. The standard InChI is InChI=1S/C90H131O9P3/c1-79(2,3)55-41-61-62-42-56(80(4,5)6)48-68(86(22,23)24)74(62)95-100(94-73(61)67(47-55)85(19,20)21)91-39-37-54(53-93-102-98-77-65(45-59(83(13,14)15)51-71(77)89(31,32)33)66-46-60(84(16,17)18)52-72(78(66)99-102)90(34,35)36)38-40-92-101-96-75-63(43-57(81(7,8)9)49-69(75)87(25,26)27)64-44-58(82(10,11)12)50-70(76(64)97-101)88(28,29)30/h41-52,54H,37-40,53H2,1-36H3. The average molecular weight is 1450 g/mol. The van der Waals surface area contributed by atoms with Gasteiger partial charge in [-0.2, -0.15) is 0 Å². The predicted molar refractivity (Wildman–Crippen MR) is 440 cm³/mol. The van der Waals surface area contributed by atoms with Crippen LogP contribution in [0.1, 0.15) is 329 Å². The van der Waals surface area contributed by atoms with Crippen LogP contribution in [0.5, 0.6) is 0 Å². The lowest BCUT2D eigenvalue weighted by Gasteiger charge is -2.27. The predicted octanol–water partition coefficient (Wildman–Crippen LogP) is 29.1. The maximum Gasteiger partial charge on any atom is 0.387 e. The van der Waals surface area contributed by atoms with Crippen LogP contribution >= 0.6 is 24.7 Å². The van der Waals surface area contributed by atoms with Crippen LogP contribution in [0.4, 0.5) is 0 Å². The van der Waals surface area contributed by atoms with Gasteiger partial charge < -0.3 is 25.2 Å². The summed E-state index contributed by atoms with van der Waals surface area (Å²) in [5.74, 6) is -0.168. The van der Waals surface area contributed by atoms with E-state index in [0.29, 0.717) is 12.8 Å². The second-order valence-corrected chi connectivity index (χ2v) is 45.2. The van der Waals surface area contributed by atoms with Gasteiger partial charge in [0.05, 0.1) is 19.8 Å². The second kappa shape index (κ2) is 27.6. The molecule has 9 aromatic rings. The Morgan fingerprint density at radius 3 is 0.529 bits per heavy atom. The van der Waals surface area contributed by atoms with Crippen molar-refractivity contribution in [1.29, 1.82) is 0 Å². The maximum absolute atomic E-state index is 7.42. The topological polar surface area (TPSA) is 107 Å². The minimum Gasteiger partial charge on any atom is -0.399 e. The Morgan fingerprint density at radius 1 is 0.225 bits per heavy atom. The number of hydrogen-bond acceptors (Lipinski definition) is 9. The largest absolute Gasteiger partial charge is 0.399 e. The van der Waals surface area contributed by atoms with Crippen LogP contribution < -0.4 is 13.6 Å². The van der Waals surface area contributed by atoms with E-state index in [1.54, 1.807) is 0 Å². The lowest BCUT2D eigenvalue weighted by atomic mass is 9.77. The summed E-state index contributed by atoms with van der Waals surface area (Å²) in [5, 5.41) is 6.17. The van der Waals surface area contributed by atoms with E-state index in [1.807, 2.05) is 0 Å². The highest BCUT2D eigenvalue weighted by atomic mass is 31.1. The van der Waals surface area contributed by atoms with E-state index in [9.17, 15) is 0 Å². The summed E-state index contributed by atoms with van der Waals surface area (Å²) in [5.41, 5.74) is 16.3. The van der Waals surface area contributed by atoms with Gasteiger partial charge in [-0.3, -0.25) is 13.6 Å². The number of rotatable bonds is 11. The molecule has 0 saturated carbocycles. The Hall–Kier alpha value is -5.10. The first-order valence-corrected chi connectivity index (χ1v) is 40.9. The maximum atomic E-state index is 7.42. The van der Waals surface area contributed by atoms with Crippen molar-refractivity contribution in [3.05, 3.63) is 140 Å². The van der Waals surface area contributed by atoms with Crippen LogP contribution in [-0.4, -0.2) is 19.8 Å². The van der Waals surface area contributed by atoms with E-state index in [-0.39, 0.29) is 90.7 Å². The summed E-state index contributed by atoms with van der Waals surface area (Å²) in [6.45, 7) is 83.0. The number of benzene rings is 6. The SMILES string of the molecule is CC(C)(C)c1cc(C(C)(C)C)c2op(OCCC(CCOp3oc4c(C(C)(C)C)cc(C(C)(C)C)cc4c4cc(C(C)(C)C)cc(C(C)(C)C)c4o3)COp3oc4c(C(C)(C)C)cc(C(C)(C)C)cc4c4cc(C(C)(C)C)cc(C(C)(C)C)c4o3)oc3c(C(C)(C)C)cc(C(C)(C)C)cc3c2c1. The Kier molecular flexibility index (Phi) is 21.9. The summed E-state index contributed by atoms with van der Waals surface area (Å²) in [7, 11) is -6.09. The fourth-order valence-electron chi connectivity index (χ4n) is 13.2. The fraction of sp³-hybridized carbons (Fsp3) is 0.600. The van der Waals surface area contributed by atoms with Crippen molar-refractivity contribution >= 4 is 90.5 Å². The quantitative estimate of drug-likeness (QED) is 0.125. The molecule has 0 aliphatic carbocycles. The molecule has 3 aromatic heterocycles. The van der Waals surface area contributed by atoms with E-state index >= 15 is 0 Å². The minimum absolute atomic E-state index is 0.142. The van der Waals surface area contributed by atoms with Crippen LogP contribution in [0.3, 0.4) is 0 Å². The summed E-state index contributed by atoms with van der Waals surface area (Å²) < 4.78 is 66.0. The Labute approximate surface area is 618 Å². The molecule has 0 bridgehead atoms. The third-order valence-corrected chi connectivity index (χ3v) is 23.4. The molecule has 12 heteroatoms. The molecule has 0 fully saturated rings. The van der Waals surface area contributed by atoms with Gasteiger partial charge >= 0.3 is 24.7 Å². The Bertz CT molecular complexity index is 4270. The van der Waals surface area contributed by atoms with Crippen LogP contribution in [0, 0.1) is 5.92 Å². The van der Waals surface area contributed by atoms with Crippen molar-refractivity contribution in [3.63, 3.8) is 0 Å². The molecule has 0 saturated heterocycles. The molecule has 9 nitrogen and oxygen atoms in total. The highest BCUT2D eigenvalue weighted by molar-refractivity contribution is 7.32. The van der Waals surface area contributed by atoms with Gasteiger partial charge in [-0.05, 0) is 154 Å². The van der Waals surface area contributed by atoms with E-state index in [2.05, 4.69) is 322 Å². The molecule has 560 valence electrons. The van der Waals surface area contributed by atoms with Gasteiger partial charge in [-0.25, -0.2) is 0 Å². The molecule has 9 rings (SSSR count). The Morgan fingerprint density at radius 2 is 0.382 bits per heavy atom. The minimum atomic E-state index is -2.06. The molecule has 0 N–H and O–H groups in total. The van der Waals surface area contributed by atoms with Crippen LogP contribution in [-0.2, 0) is 65.0 Å². The average Bonchev–Trinajstić information content (AvgIpc) is 1.45. The molecule has 6 aromatic carbocycles. The molecule has 0 spiro atoms. The monoisotopic (exact) mass is 1450 g/mol. The molecule has 0 atom stereocenters. The van der Waals surface area contributed by atoms with Crippen LogP contribution in [0.25, 0.3) is 65.8 Å². The van der Waals surface area contributed by atoms with Gasteiger partial charge in [-0.1, -0.05) is 286 Å². The highest BCUT2D eigenvalue weighted by Crippen LogP contribution is 2.50. The van der Waals surface area contributed by atoms with Crippen molar-refractivity contribution in [2.45, 2.75) is 327 Å². The van der Waals surface area contributed by atoms with Gasteiger partial charge in [0.25, 0.3) is 0 Å². The van der Waals surface area contributed by atoms with Crippen molar-refractivity contribution in [3.8, 4) is 0 Å². The van der Waals surface area contributed by atoms with E-state index in [0.717, 1.165) is 99.2 Å². The van der Waals surface area contributed by atoms with Gasteiger partial charge in [-0.15, -0.1) is 0 Å². The normalized spacial score (nSPS) is 14.1. The van der Waals surface area contributed by atoms with Crippen molar-refractivity contribution < 1.29 is 38.8 Å². The zero-order valence-electron chi connectivity index (χ0n) is 70.1.